The highest BCUT2D eigenvalue weighted by Crippen LogP contribution is 2.36. The summed E-state index contributed by atoms with van der Waals surface area (Å²) in [5.41, 5.74) is 0.917. The minimum absolute atomic E-state index is 0.448. The molecule has 0 aliphatic carbocycles. The van der Waals surface area contributed by atoms with Crippen molar-refractivity contribution in [2.24, 2.45) is 0 Å². The summed E-state index contributed by atoms with van der Waals surface area (Å²) in [7, 11) is 2.14. The van der Waals surface area contributed by atoms with Crippen LogP contribution >= 0.6 is 39.1 Å². The second-order valence-corrected chi connectivity index (χ2v) is 6.08. The number of rotatable bonds is 2. The van der Waals surface area contributed by atoms with Gasteiger partial charge in [0, 0.05) is 17.1 Å². The molecule has 0 radical (unpaired) electrons. The molecule has 1 atom stereocenters. The Kier molecular flexibility index (Phi) is 4.59. The van der Waals surface area contributed by atoms with Crippen LogP contribution in [0.25, 0.3) is 0 Å². The number of hydrogen-bond acceptors (Lipinski definition) is 2. The van der Waals surface area contributed by atoms with Crippen LogP contribution in [0, 0.1) is 0 Å². The van der Waals surface area contributed by atoms with Crippen molar-refractivity contribution in [3.63, 3.8) is 0 Å². The zero-order valence-corrected chi connectivity index (χ0v) is 12.7. The van der Waals surface area contributed by atoms with E-state index in [1.54, 1.807) is 0 Å². The monoisotopic (exact) mass is 336 g/mol. The molecule has 1 fully saturated rings. The van der Waals surface area contributed by atoms with Gasteiger partial charge in [0.15, 0.2) is 0 Å². The molecule has 1 heterocycles. The van der Waals surface area contributed by atoms with Gasteiger partial charge in [0.05, 0.1) is 15.7 Å². The summed E-state index contributed by atoms with van der Waals surface area (Å²) in [5.74, 6) is 0. The lowest BCUT2D eigenvalue weighted by molar-refractivity contribution is 0.261. The molecular formula is C12H15BrCl2N2. The molecular weight excluding hydrogens is 323 g/mol. The first kappa shape index (κ1) is 13.5. The molecule has 1 aromatic rings. The van der Waals surface area contributed by atoms with Crippen LogP contribution in [0.2, 0.25) is 10.0 Å². The summed E-state index contributed by atoms with van der Waals surface area (Å²) >= 11 is 15.7. The number of nitrogens with zero attached hydrogens (tertiary/aromatic N) is 1. The maximum atomic E-state index is 6.22. The fourth-order valence-electron chi connectivity index (χ4n) is 2.14. The Morgan fingerprint density at radius 1 is 1.35 bits per heavy atom. The van der Waals surface area contributed by atoms with Crippen molar-refractivity contribution in [2.45, 2.75) is 18.9 Å². The van der Waals surface area contributed by atoms with Crippen molar-refractivity contribution in [1.29, 1.82) is 0 Å². The highest BCUT2D eigenvalue weighted by molar-refractivity contribution is 9.10. The van der Waals surface area contributed by atoms with Crippen LogP contribution in [0.3, 0.4) is 0 Å². The lowest BCUT2D eigenvalue weighted by Gasteiger charge is -2.31. The SMILES string of the molecule is CN1CCCC(Nc2ccc(Br)c(Cl)c2Cl)C1. The molecule has 0 saturated carbocycles. The van der Waals surface area contributed by atoms with Crippen molar-refractivity contribution in [3.8, 4) is 0 Å². The summed E-state index contributed by atoms with van der Waals surface area (Å²) in [6.45, 7) is 2.22. The van der Waals surface area contributed by atoms with Crippen molar-refractivity contribution in [1.82, 2.24) is 4.90 Å². The first-order valence-corrected chi connectivity index (χ1v) is 7.21. The smallest absolute Gasteiger partial charge is 0.0835 e. The standard InChI is InChI=1S/C12H15BrCl2N2/c1-17-6-2-3-8(7-17)16-10-5-4-9(13)11(14)12(10)15/h4-5,8,16H,2-3,6-7H2,1H3. The van der Waals surface area contributed by atoms with Gasteiger partial charge in [-0.2, -0.15) is 0 Å². The van der Waals surface area contributed by atoms with Gasteiger partial charge in [-0.25, -0.2) is 0 Å². The molecule has 1 aliphatic rings. The molecule has 1 aromatic carbocycles. The van der Waals surface area contributed by atoms with Crippen LogP contribution in [-0.2, 0) is 0 Å². The van der Waals surface area contributed by atoms with Gasteiger partial charge in [-0.15, -0.1) is 0 Å². The van der Waals surface area contributed by atoms with E-state index in [1.165, 1.54) is 19.4 Å². The van der Waals surface area contributed by atoms with Crippen molar-refractivity contribution in [2.75, 3.05) is 25.5 Å². The quantitative estimate of drug-likeness (QED) is 0.811. The summed E-state index contributed by atoms with van der Waals surface area (Å²) in [6, 6.07) is 4.33. The Bertz CT molecular complexity index is 412. The molecule has 17 heavy (non-hydrogen) atoms. The number of likely N-dealkylation sites (tertiary alicyclic amines) is 1. The second-order valence-electron chi connectivity index (χ2n) is 4.47. The minimum atomic E-state index is 0.448. The molecule has 94 valence electrons. The number of anilines is 1. The van der Waals surface area contributed by atoms with Crippen LogP contribution in [0.15, 0.2) is 16.6 Å². The zero-order chi connectivity index (χ0) is 12.4. The third-order valence-corrected chi connectivity index (χ3v) is 4.79. The van der Waals surface area contributed by atoms with E-state index >= 15 is 0 Å². The molecule has 1 saturated heterocycles. The number of piperidine rings is 1. The van der Waals surface area contributed by atoms with Crippen LogP contribution in [0.4, 0.5) is 5.69 Å². The van der Waals surface area contributed by atoms with E-state index in [2.05, 4.69) is 33.2 Å². The van der Waals surface area contributed by atoms with E-state index in [0.29, 0.717) is 16.1 Å². The maximum absolute atomic E-state index is 6.22. The van der Waals surface area contributed by atoms with E-state index in [-0.39, 0.29) is 0 Å². The second kappa shape index (κ2) is 5.79. The molecule has 1 unspecified atom stereocenters. The van der Waals surface area contributed by atoms with Crippen molar-refractivity contribution >= 4 is 44.8 Å². The summed E-state index contributed by atoms with van der Waals surface area (Å²) < 4.78 is 0.829. The normalized spacial score (nSPS) is 21.5. The van der Waals surface area contributed by atoms with E-state index in [1.807, 2.05) is 12.1 Å². The minimum Gasteiger partial charge on any atom is -0.380 e. The molecule has 0 spiro atoms. The Morgan fingerprint density at radius 3 is 2.82 bits per heavy atom. The number of likely N-dealkylation sites (N-methyl/N-ethyl adjacent to an activating group) is 1. The molecule has 1 aliphatic heterocycles. The Balaban J connectivity index is 2.10. The Morgan fingerprint density at radius 2 is 2.12 bits per heavy atom. The van der Waals surface area contributed by atoms with Gasteiger partial charge in [-0.3, -0.25) is 0 Å². The van der Waals surface area contributed by atoms with E-state index in [9.17, 15) is 0 Å². The predicted molar refractivity (Wildman–Crippen MR) is 78.3 cm³/mol. The maximum Gasteiger partial charge on any atom is 0.0835 e. The molecule has 0 aromatic heterocycles. The van der Waals surface area contributed by atoms with Gasteiger partial charge in [0.1, 0.15) is 0 Å². The third kappa shape index (κ3) is 3.28. The van der Waals surface area contributed by atoms with Gasteiger partial charge in [-0.05, 0) is 54.5 Å². The largest absolute Gasteiger partial charge is 0.380 e. The van der Waals surface area contributed by atoms with Gasteiger partial charge in [0.2, 0.25) is 0 Å². The summed E-state index contributed by atoms with van der Waals surface area (Å²) in [6.07, 6.45) is 2.39. The molecule has 1 N–H and O–H groups in total. The fourth-order valence-corrected chi connectivity index (χ4v) is 2.97. The third-order valence-electron chi connectivity index (χ3n) is 3.02. The predicted octanol–water partition coefficient (Wildman–Crippen LogP) is 4.26. The first-order chi connectivity index (χ1) is 8.08. The molecule has 2 rings (SSSR count). The molecule has 2 nitrogen and oxygen atoms in total. The molecule has 0 amide bonds. The lowest BCUT2D eigenvalue weighted by atomic mass is 10.1. The first-order valence-electron chi connectivity index (χ1n) is 5.66. The average molecular weight is 338 g/mol. The number of nitrogens with one attached hydrogen (secondary N) is 1. The van der Waals surface area contributed by atoms with E-state index in [0.717, 1.165) is 16.7 Å². The lowest BCUT2D eigenvalue weighted by Crippen LogP contribution is -2.39. The van der Waals surface area contributed by atoms with Gasteiger partial charge < -0.3 is 10.2 Å². The van der Waals surface area contributed by atoms with E-state index in [4.69, 9.17) is 23.2 Å². The van der Waals surface area contributed by atoms with Crippen molar-refractivity contribution < 1.29 is 0 Å². The molecule has 0 bridgehead atoms. The highest BCUT2D eigenvalue weighted by Gasteiger charge is 2.18. The van der Waals surface area contributed by atoms with Crippen LogP contribution in [0.5, 0.6) is 0 Å². The number of benzene rings is 1. The van der Waals surface area contributed by atoms with Gasteiger partial charge in [0.25, 0.3) is 0 Å². The van der Waals surface area contributed by atoms with Crippen LogP contribution < -0.4 is 5.32 Å². The number of halogens is 3. The number of hydrogen-bond donors (Lipinski definition) is 1. The zero-order valence-electron chi connectivity index (χ0n) is 9.64. The summed E-state index contributed by atoms with van der Waals surface area (Å²) in [5, 5.41) is 4.63. The highest BCUT2D eigenvalue weighted by atomic mass is 79.9. The summed E-state index contributed by atoms with van der Waals surface area (Å²) in [4.78, 5) is 2.33. The van der Waals surface area contributed by atoms with Crippen LogP contribution in [0.1, 0.15) is 12.8 Å². The van der Waals surface area contributed by atoms with Crippen LogP contribution in [-0.4, -0.2) is 31.1 Å². The van der Waals surface area contributed by atoms with Gasteiger partial charge in [-0.1, -0.05) is 23.2 Å². The van der Waals surface area contributed by atoms with Gasteiger partial charge >= 0.3 is 0 Å². The van der Waals surface area contributed by atoms with E-state index < -0.39 is 0 Å². The molecule has 5 heteroatoms. The Labute approximate surface area is 120 Å². The average Bonchev–Trinajstić information content (AvgIpc) is 2.30. The fraction of sp³-hybridized carbons (Fsp3) is 0.500. The topological polar surface area (TPSA) is 15.3 Å². The Hall–Kier alpha value is 0.0400. The van der Waals surface area contributed by atoms with Crippen molar-refractivity contribution in [3.05, 3.63) is 26.7 Å².